The van der Waals surface area contributed by atoms with E-state index < -0.39 is 5.97 Å². The quantitative estimate of drug-likeness (QED) is 0.530. The number of aryl methyl sites for hydroxylation is 3. The van der Waals surface area contributed by atoms with Gasteiger partial charge in [0.05, 0.1) is 0 Å². The molecule has 0 atom stereocenters. The van der Waals surface area contributed by atoms with Crippen LogP contribution in [0.2, 0.25) is 5.02 Å². The summed E-state index contributed by atoms with van der Waals surface area (Å²) in [6.07, 6.45) is 0. The van der Waals surface area contributed by atoms with Crippen LogP contribution >= 0.6 is 11.6 Å². The highest BCUT2D eigenvalue weighted by Crippen LogP contribution is 2.32. The summed E-state index contributed by atoms with van der Waals surface area (Å²) in [5, 5.41) is 0.712. The standard InChI is InChI=1S/C21H25ClO3/c1-13-7-8-18(17(9-13)21(4,5)6)25-19(23)12-24-16-10-14(2)20(22)15(3)11-16/h7-11H,12H2,1-6H3. The minimum absolute atomic E-state index is 0.118. The van der Waals surface area contributed by atoms with Crippen LogP contribution in [0.25, 0.3) is 0 Å². The topological polar surface area (TPSA) is 35.5 Å². The monoisotopic (exact) mass is 360 g/mol. The fraction of sp³-hybridized carbons (Fsp3) is 0.381. The van der Waals surface area contributed by atoms with Crippen LogP contribution in [0.4, 0.5) is 0 Å². The van der Waals surface area contributed by atoms with Crippen LogP contribution in [0, 0.1) is 20.8 Å². The molecule has 0 amide bonds. The maximum atomic E-state index is 12.2. The van der Waals surface area contributed by atoms with Crippen molar-refractivity contribution in [2.45, 2.75) is 47.0 Å². The SMILES string of the molecule is Cc1ccc(OC(=O)COc2cc(C)c(Cl)c(C)c2)c(C(C)(C)C)c1. The average Bonchev–Trinajstić information content (AvgIpc) is 2.51. The van der Waals surface area contributed by atoms with E-state index in [9.17, 15) is 4.79 Å². The summed E-state index contributed by atoms with van der Waals surface area (Å²) >= 11 is 6.15. The molecule has 3 nitrogen and oxygen atoms in total. The second-order valence-corrected chi connectivity index (χ2v) is 7.76. The molecule has 0 saturated heterocycles. The van der Waals surface area contributed by atoms with Gasteiger partial charge in [0.15, 0.2) is 6.61 Å². The van der Waals surface area contributed by atoms with E-state index in [4.69, 9.17) is 21.1 Å². The highest BCUT2D eigenvalue weighted by molar-refractivity contribution is 6.32. The van der Waals surface area contributed by atoms with Crippen molar-refractivity contribution in [2.75, 3.05) is 6.61 Å². The Morgan fingerprint density at radius 1 is 1.04 bits per heavy atom. The molecule has 0 N–H and O–H groups in total. The Kier molecular flexibility index (Phi) is 5.79. The predicted octanol–water partition coefficient (Wildman–Crippen LogP) is 5.55. The number of carbonyl (C=O) groups excluding carboxylic acids is 1. The molecule has 0 heterocycles. The Hall–Kier alpha value is -2.00. The van der Waals surface area contributed by atoms with E-state index >= 15 is 0 Å². The van der Waals surface area contributed by atoms with Crippen LogP contribution in [-0.4, -0.2) is 12.6 Å². The molecule has 0 bridgehead atoms. The number of ether oxygens (including phenoxy) is 2. The molecule has 0 aliphatic carbocycles. The van der Waals surface area contributed by atoms with Crippen molar-refractivity contribution in [3.63, 3.8) is 0 Å². The van der Waals surface area contributed by atoms with Gasteiger partial charge in [-0.15, -0.1) is 0 Å². The van der Waals surface area contributed by atoms with Gasteiger partial charge in [0, 0.05) is 10.6 Å². The third kappa shape index (κ3) is 4.99. The van der Waals surface area contributed by atoms with E-state index in [0.717, 1.165) is 22.3 Å². The van der Waals surface area contributed by atoms with Crippen LogP contribution < -0.4 is 9.47 Å². The Bertz CT molecular complexity index is 765. The third-order valence-electron chi connectivity index (χ3n) is 3.93. The molecule has 0 saturated carbocycles. The Morgan fingerprint density at radius 3 is 2.20 bits per heavy atom. The summed E-state index contributed by atoms with van der Waals surface area (Å²) in [5.41, 5.74) is 3.84. The molecule has 0 radical (unpaired) electrons. The van der Waals surface area contributed by atoms with Crippen LogP contribution in [-0.2, 0) is 10.2 Å². The van der Waals surface area contributed by atoms with Gasteiger partial charge >= 0.3 is 5.97 Å². The molecule has 25 heavy (non-hydrogen) atoms. The zero-order valence-electron chi connectivity index (χ0n) is 15.7. The van der Waals surface area contributed by atoms with Gasteiger partial charge in [-0.05, 0) is 55.5 Å². The minimum Gasteiger partial charge on any atom is -0.482 e. The van der Waals surface area contributed by atoms with E-state index in [-0.39, 0.29) is 12.0 Å². The summed E-state index contributed by atoms with van der Waals surface area (Å²) in [4.78, 5) is 12.2. The number of carbonyl (C=O) groups is 1. The van der Waals surface area contributed by atoms with Gasteiger partial charge < -0.3 is 9.47 Å². The Labute approximate surface area is 154 Å². The van der Waals surface area contributed by atoms with E-state index in [1.807, 2.05) is 45.0 Å². The fourth-order valence-corrected chi connectivity index (χ4v) is 2.71. The predicted molar refractivity (Wildman–Crippen MR) is 102 cm³/mol. The second kappa shape index (κ2) is 7.49. The first kappa shape index (κ1) is 19.3. The number of hydrogen-bond acceptors (Lipinski definition) is 3. The molecule has 0 aromatic heterocycles. The number of rotatable bonds is 4. The van der Waals surface area contributed by atoms with E-state index in [2.05, 4.69) is 26.8 Å². The summed E-state index contributed by atoms with van der Waals surface area (Å²) in [7, 11) is 0. The molecule has 0 aliphatic heterocycles. The van der Waals surface area contributed by atoms with Crippen molar-refractivity contribution in [3.05, 3.63) is 57.6 Å². The number of esters is 1. The first-order chi connectivity index (χ1) is 11.6. The smallest absolute Gasteiger partial charge is 0.349 e. The normalized spacial score (nSPS) is 11.3. The summed E-state index contributed by atoms with van der Waals surface area (Å²) in [6.45, 7) is 12.0. The average molecular weight is 361 g/mol. The zero-order valence-corrected chi connectivity index (χ0v) is 16.5. The molecule has 0 fully saturated rings. The lowest BCUT2D eigenvalue weighted by molar-refractivity contribution is -0.136. The van der Waals surface area contributed by atoms with E-state index in [0.29, 0.717) is 16.5 Å². The molecule has 0 spiro atoms. The maximum absolute atomic E-state index is 12.2. The molecular weight excluding hydrogens is 336 g/mol. The lowest BCUT2D eigenvalue weighted by Gasteiger charge is -2.22. The highest BCUT2D eigenvalue weighted by atomic mass is 35.5. The van der Waals surface area contributed by atoms with Crippen molar-refractivity contribution in [2.24, 2.45) is 0 Å². The van der Waals surface area contributed by atoms with Gasteiger partial charge in [-0.25, -0.2) is 4.79 Å². The van der Waals surface area contributed by atoms with Crippen LogP contribution in [0.15, 0.2) is 30.3 Å². The van der Waals surface area contributed by atoms with Gasteiger partial charge in [-0.1, -0.05) is 50.1 Å². The van der Waals surface area contributed by atoms with Gasteiger partial charge in [0.25, 0.3) is 0 Å². The van der Waals surface area contributed by atoms with Gasteiger partial charge in [0.2, 0.25) is 0 Å². The summed E-state index contributed by atoms with van der Waals surface area (Å²) < 4.78 is 11.1. The van der Waals surface area contributed by atoms with Crippen LogP contribution in [0.1, 0.15) is 43.0 Å². The molecule has 4 heteroatoms. The van der Waals surface area contributed by atoms with Crippen molar-refractivity contribution in [3.8, 4) is 11.5 Å². The van der Waals surface area contributed by atoms with Crippen molar-refractivity contribution in [1.82, 2.24) is 0 Å². The summed E-state index contributed by atoms with van der Waals surface area (Å²) in [5.74, 6) is 0.756. The molecule has 0 unspecified atom stereocenters. The van der Waals surface area contributed by atoms with Crippen molar-refractivity contribution < 1.29 is 14.3 Å². The highest BCUT2D eigenvalue weighted by Gasteiger charge is 2.21. The summed E-state index contributed by atoms with van der Waals surface area (Å²) in [6, 6.07) is 9.45. The lowest BCUT2D eigenvalue weighted by atomic mass is 9.85. The first-order valence-electron chi connectivity index (χ1n) is 8.29. The van der Waals surface area contributed by atoms with Crippen molar-refractivity contribution in [1.29, 1.82) is 0 Å². The van der Waals surface area contributed by atoms with Crippen LogP contribution in [0.3, 0.4) is 0 Å². The van der Waals surface area contributed by atoms with Crippen LogP contribution in [0.5, 0.6) is 11.5 Å². The molecule has 2 aromatic carbocycles. The van der Waals surface area contributed by atoms with Gasteiger partial charge in [-0.3, -0.25) is 0 Å². The van der Waals surface area contributed by atoms with E-state index in [1.165, 1.54) is 0 Å². The number of benzene rings is 2. The minimum atomic E-state index is -0.431. The Morgan fingerprint density at radius 2 is 1.64 bits per heavy atom. The fourth-order valence-electron chi connectivity index (χ4n) is 2.60. The molecule has 2 rings (SSSR count). The molecule has 134 valence electrons. The van der Waals surface area contributed by atoms with E-state index in [1.54, 1.807) is 0 Å². The first-order valence-corrected chi connectivity index (χ1v) is 8.67. The van der Waals surface area contributed by atoms with Gasteiger partial charge in [0.1, 0.15) is 11.5 Å². The largest absolute Gasteiger partial charge is 0.482 e. The second-order valence-electron chi connectivity index (χ2n) is 7.38. The molecular formula is C21H25ClO3. The third-order valence-corrected chi connectivity index (χ3v) is 4.53. The lowest BCUT2D eigenvalue weighted by Crippen LogP contribution is -2.21. The number of hydrogen-bond donors (Lipinski definition) is 0. The Balaban J connectivity index is 2.09. The van der Waals surface area contributed by atoms with Crippen molar-refractivity contribution >= 4 is 17.6 Å². The maximum Gasteiger partial charge on any atom is 0.349 e. The van der Waals surface area contributed by atoms with Gasteiger partial charge in [-0.2, -0.15) is 0 Å². The molecule has 0 aliphatic rings. The zero-order chi connectivity index (χ0) is 18.8. The molecule has 2 aromatic rings. The number of halogens is 1.